The third-order valence-electron chi connectivity index (χ3n) is 7.92. The summed E-state index contributed by atoms with van der Waals surface area (Å²) in [7, 11) is 0. The summed E-state index contributed by atoms with van der Waals surface area (Å²) in [6.45, 7) is 11.3. The predicted molar refractivity (Wildman–Crippen MR) is 138 cm³/mol. The molecule has 0 bridgehead atoms. The van der Waals surface area contributed by atoms with Crippen LogP contribution >= 0.6 is 11.3 Å². The summed E-state index contributed by atoms with van der Waals surface area (Å²) in [5.74, 6) is 2.31. The van der Waals surface area contributed by atoms with Crippen molar-refractivity contribution >= 4 is 17.3 Å². The molecule has 0 N–H and O–H groups in total. The molecule has 0 spiro atoms. The number of rotatable bonds is 8. The first kappa shape index (κ1) is 24.5. The largest absolute Gasteiger partial charge is 0.426 e. The second-order valence-corrected chi connectivity index (χ2v) is 11.7. The first-order chi connectivity index (χ1) is 16.0. The molecular weight excluding hydrogens is 426 g/mol. The lowest BCUT2D eigenvalue weighted by Gasteiger charge is -2.37. The van der Waals surface area contributed by atoms with E-state index in [-0.39, 0.29) is 11.9 Å². The first-order valence-corrected chi connectivity index (χ1v) is 13.9. The maximum Gasteiger partial charge on any atom is 0.314 e. The average Bonchev–Trinajstić information content (AvgIpc) is 3.29. The molecule has 0 aliphatic heterocycles. The van der Waals surface area contributed by atoms with E-state index in [9.17, 15) is 4.79 Å². The van der Waals surface area contributed by atoms with E-state index in [2.05, 4.69) is 62.2 Å². The Morgan fingerprint density at radius 3 is 2.58 bits per heavy atom. The summed E-state index contributed by atoms with van der Waals surface area (Å²) in [5.41, 5.74) is 2.63. The van der Waals surface area contributed by atoms with Gasteiger partial charge in [0.15, 0.2) is 0 Å². The van der Waals surface area contributed by atoms with Crippen LogP contribution in [0.15, 0.2) is 35.7 Å². The van der Waals surface area contributed by atoms with Crippen LogP contribution in [0.5, 0.6) is 5.75 Å². The molecule has 1 heterocycles. The number of esters is 1. The van der Waals surface area contributed by atoms with Gasteiger partial charge in [-0.3, -0.25) is 9.69 Å². The molecule has 3 unspecified atom stereocenters. The fraction of sp³-hybridized carbons (Fsp3) is 0.621. The van der Waals surface area contributed by atoms with Crippen molar-refractivity contribution in [3.05, 3.63) is 51.7 Å². The quantitative estimate of drug-likeness (QED) is 0.316. The van der Waals surface area contributed by atoms with Gasteiger partial charge in [-0.05, 0) is 97.9 Å². The number of benzene rings is 1. The van der Waals surface area contributed by atoms with E-state index in [1.165, 1.54) is 22.4 Å². The van der Waals surface area contributed by atoms with Gasteiger partial charge in [0.05, 0.1) is 5.92 Å². The van der Waals surface area contributed by atoms with E-state index in [0.717, 1.165) is 57.4 Å². The lowest BCUT2D eigenvalue weighted by molar-refractivity contribution is -0.144. The molecule has 1 fully saturated rings. The second-order valence-electron chi connectivity index (χ2n) is 10.6. The molecule has 4 heteroatoms. The molecular formula is C29H41NO2S. The van der Waals surface area contributed by atoms with Crippen LogP contribution in [-0.4, -0.2) is 30.0 Å². The van der Waals surface area contributed by atoms with Crippen LogP contribution in [0.25, 0.3) is 0 Å². The number of nitrogens with zero attached hydrogens (tertiary/aromatic N) is 1. The molecule has 2 aliphatic rings. The SMILES string of the molecule is CCCN(CCc1cccs1)C1CCc2c(cccc2OC(=O)C2C(C)CC(C)CC2C)C1. The molecule has 1 saturated carbocycles. The van der Waals surface area contributed by atoms with E-state index >= 15 is 0 Å². The number of carbonyl (C=O) groups is 1. The zero-order valence-electron chi connectivity index (χ0n) is 20.9. The van der Waals surface area contributed by atoms with Crippen molar-refractivity contribution in [2.75, 3.05) is 13.1 Å². The zero-order valence-corrected chi connectivity index (χ0v) is 21.7. The molecule has 0 amide bonds. The standard InChI is InChI=1S/C29H41NO2S/c1-5-14-30(15-13-25-9-7-16-33-25)24-11-12-26-23(19-24)8-6-10-27(26)32-29(31)28-21(3)17-20(2)18-22(28)4/h6-10,16,20-22,24,28H,5,11-15,17-19H2,1-4H3. The Labute approximate surface area is 204 Å². The van der Waals surface area contributed by atoms with Crippen molar-refractivity contribution in [1.82, 2.24) is 4.90 Å². The highest BCUT2D eigenvalue weighted by Gasteiger charge is 2.38. The summed E-state index contributed by atoms with van der Waals surface area (Å²) in [6.07, 6.45) is 7.75. The Balaban J connectivity index is 1.43. The van der Waals surface area contributed by atoms with Crippen LogP contribution < -0.4 is 4.74 Å². The molecule has 3 atom stereocenters. The van der Waals surface area contributed by atoms with Crippen LogP contribution in [0.3, 0.4) is 0 Å². The smallest absolute Gasteiger partial charge is 0.314 e. The molecule has 2 aliphatic carbocycles. The van der Waals surface area contributed by atoms with Crippen LogP contribution in [0, 0.1) is 23.7 Å². The third-order valence-corrected chi connectivity index (χ3v) is 8.86. The molecule has 1 aromatic carbocycles. The molecule has 33 heavy (non-hydrogen) atoms. The minimum atomic E-state index is -0.0130. The number of hydrogen-bond donors (Lipinski definition) is 0. The van der Waals surface area contributed by atoms with Gasteiger partial charge >= 0.3 is 5.97 Å². The molecule has 4 rings (SSSR count). The second kappa shape index (κ2) is 11.2. The van der Waals surface area contributed by atoms with Crippen molar-refractivity contribution in [1.29, 1.82) is 0 Å². The number of thiophene rings is 1. The summed E-state index contributed by atoms with van der Waals surface area (Å²) in [6, 6.07) is 11.3. The summed E-state index contributed by atoms with van der Waals surface area (Å²) >= 11 is 1.86. The number of ether oxygens (including phenoxy) is 1. The molecule has 2 aromatic rings. The Hall–Kier alpha value is -1.65. The van der Waals surface area contributed by atoms with Gasteiger partial charge in [0.2, 0.25) is 0 Å². The Kier molecular flexibility index (Phi) is 8.29. The van der Waals surface area contributed by atoms with Crippen molar-refractivity contribution in [2.45, 2.75) is 78.7 Å². The van der Waals surface area contributed by atoms with E-state index in [0.29, 0.717) is 23.8 Å². The van der Waals surface area contributed by atoms with E-state index in [1.807, 2.05) is 17.4 Å². The third kappa shape index (κ3) is 5.89. The molecule has 0 saturated heterocycles. The van der Waals surface area contributed by atoms with Crippen LogP contribution in [0.2, 0.25) is 0 Å². The van der Waals surface area contributed by atoms with Gasteiger partial charge in [0, 0.05) is 17.5 Å². The van der Waals surface area contributed by atoms with Gasteiger partial charge in [0.1, 0.15) is 5.75 Å². The normalized spacial score (nSPS) is 27.4. The van der Waals surface area contributed by atoms with Gasteiger partial charge in [-0.1, -0.05) is 45.9 Å². The highest BCUT2D eigenvalue weighted by Crippen LogP contribution is 2.39. The molecule has 0 radical (unpaired) electrons. The van der Waals surface area contributed by atoms with Gasteiger partial charge < -0.3 is 4.74 Å². The Morgan fingerprint density at radius 2 is 1.88 bits per heavy atom. The minimum absolute atomic E-state index is 0.0130. The molecule has 3 nitrogen and oxygen atoms in total. The van der Waals surface area contributed by atoms with Crippen molar-refractivity contribution in [3.63, 3.8) is 0 Å². The highest BCUT2D eigenvalue weighted by atomic mass is 32.1. The molecule has 180 valence electrons. The lowest BCUT2D eigenvalue weighted by Crippen LogP contribution is -2.41. The fourth-order valence-electron chi connectivity index (χ4n) is 6.49. The minimum Gasteiger partial charge on any atom is -0.426 e. The first-order valence-electron chi connectivity index (χ1n) is 13.0. The van der Waals surface area contributed by atoms with E-state index in [1.54, 1.807) is 0 Å². The fourth-order valence-corrected chi connectivity index (χ4v) is 7.19. The summed E-state index contributed by atoms with van der Waals surface area (Å²) in [4.78, 5) is 17.4. The van der Waals surface area contributed by atoms with Gasteiger partial charge in [-0.2, -0.15) is 0 Å². The summed E-state index contributed by atoms with van der Waals surface area (Å²) in [5, 5.41) is 2.18. The summed E-state index contributed by atoms with van der Waals surface area (Å²) < 4.78 is 6.12. The average molecular weight is 468 g/mol. The van der Waals surface area contributed by atoms with Gasteiger partial charge in [-0.25, -0.2) is 0 Å². The number of carbonyl (C=O) groups excluding carboxylic acids is 1. The van der Waals surface area contributed by atoms with Crippen molar-refractivity contribution in [2.24, 2.45) is 23.7 Å². The maximum absolute atomic E-state index is 13.2. The Morgan fingerprint density at radius 1 is 1.09 bits per heavy atom. The predicted octanol–water partition coefficient (Wildman–Crippen LogP) is 6.78. The van der Waals surface area contributed by atoms with E-state index < -0.39 is 0 Å². The topological polar surface area (TPSA) is 29.5 Å². The van der Waals surface area contributed by atoms with Crippen LogP contribution in [-0.2, 0) is 24.1 Å². The highest BCUT2D eigenvalue weighted by molar-refractivity contribution is 7.09. The zero-order chi connectivity index (χ0) is 23.4. The molecule has 1 aromatic heterocycles. The van der Waals surface area contributed by atoms with Gasteiger partial charge in [0.25, 0.3) is 0 Å². The van der Waals surface area contributed by atoms with Crippen LogP contribution in [0.1, 0.15) is 69.4 Å². The number of hydrogen-bond acceptors (Lipinski definition) is 4. The van der Waals surface area contributed by atoms with E-state index in [4.69, 9.17) is 4.74 Å². The van der Waals surface area contributed by atoms with Crippen LogP contribution in [0.4, 0.5) is 0 Å². The van der Waals surface area contributed by atoms with Crippen molar-refractivity contribution in [3.8, 4) is 5.75 Å². The van der Waals surface area contributed by atoms with Gasteiger partial charge in [-0.15, -0.1) is 11.3 Å². The maximum atomic E-state index is 13.2. The number of fused-ring (bicyclic) bond motifs is 1. The monoisotopic (exact) mass is 467 g/mol. The lowest BCUT2D eigenvalue weighted by atomic mass is 9.69. The van der Waals surface area contributed by atoms with Crippen molar-refractivity contribution < 1.29 is 9.53 Å². The Bertz CT molecular complexity index is 896.